The molecule has 0 amide bonds. The fourth-order valence-electron chi connectivity index (χ4n) is 3.02. The van der Waals surface area contributed by atoms with Gasteiger partial charge < -0.3 is 9.88 Å². The predicted octanol–water partition coefficient (Wildman–Crippen LogP) is 5.51. The van der Waals surface area contributed by atoms with Crippen LogP contribution in [0.2, 0.25) is 0 Å². The average Bonchev–Trinajstić information content (AvgIpc) is 2.86. The Kier molecular flexibility index (Phi) is 5.38. The van der Waals surface area contributed by atoms with E-state index in [9.17, 15) is 0 Å². The number of halogens is 1. The maximum Gasteiger partial charge on any atom is 0.0491 e. The lowest BCUT2D eigenvalue weighted by Gasteiger charge is -2.24. The van der Waals surface area contributed by atoms with Crippen LogP contribution >= 0.6 is 12.4 Å². The van der Waals surface area contributed by atoms with Crippen molar-refractivity contribution in [2.75, 3.05) is 0 Å². The highest BCUT2D eigenvalue weighted by molar-refractivity contribution is 6.08. The molecular weight excluding hydrogens is 304 g/mol. The first-order valence-corrected chi connectivity index (χ1v) is 8.30. The van der Waals surface area contributed by atoms with E-state index in [0.717, 1.165) is 19.5 Å². The van der Waals surface area contributed by atoms with E-state index in [1.807, 2.05) is 0 Å². The predicted molar refractivity (Wildman–Crippen MR) is 104 cm³/mol. The van der Waals surface area contributed by atoms with Crippen molar-refractivity contribution in [2.45, 2.75) is 52.7 Å². The van der Waals surface area contributed by atoms with Crippen LogP contribution < -0.4 is 5.32 Å². The Labute approximate surface area is 145 Å². The molecule has 0 radical (unpaired) electrons. The molecule has 0 saturated heterocycles. The number of fused-ring (bicyclic) bond motifs is 3. The van der Waals surface area contributed by atoms with E-state index in [0.29, 0.717) is 0 Å². The molecule has 0 aliphatic heterocycles. The Hall–Kier alpha value is -1.51. The van der Waals surface area contributed by atoms with Crippen LogP contribution in [0.1, 0.15) is 39.7 Å². The molecule has 23 heavy (non-hydrogen) atoms. The molecule has 3 aromatic rings. The largest absolute Gasteiger partial charge is 0.341 e. The van der Waals surface area contributed by atoms with Crippen molar-refractivity contribution in [3.05, 3.63) is 48.0 Å². The minimum atomic E-state index is 0. The van der Waals surface area contributed by atoms with Crippen molar-refractivity contribution in [2.24, 2.45) is 0 Å². The van der Waals surface area contributed by atoms with Crippen LogP contribution in [0.3, 0.4) is 0 Å². The van der Waals surface area contributed by atoms with Gasteiger partial charge in [0.2, 0.25) is 0 Å². The van der Waals surface area contributed by atoms with Crippen molar-refractivity contribution >= 4 is 34.2 Å². The van der Waals surface area contributed by atoms with Gasteiger partial charge in [0.15, 0.2) is 0 Å². The summed E-state index contributed by atoms with van der Waals surface area (Å²) in [5.41, 5.74) is 4.21. The van der Waals surface area contributed by atoms with Gasteiger partial charge in [-0.1, -0.05) is 31.2 Å². The van der Waals surface area contributed by atoms with E-state index < -0.39 is 0 Å². The van der Waals surface area contributed by atoms with Crippen LogP contribution in [0.15, 0.2) is 42.5 Å². The summed E-state index contributed by atoms with van der Waals surface area (Å²) in [6.07, 6.45) is 1.13. The highest BCUT2D eigenvalue weighted by Crippen LogP contribution is 2.29. The van der Waals surface area contributed by atoms with Crippen LogP contribution in [-0.2, 0) is 13.1 Å². The molecule has 0 aliphatic carbocycles. The van der Waals surface area contributed by atoms with E-state index >= 15 is 0 Å². The molecule has 1 N–H and O–H groups in total. The Balaban J connectivity index is 0.00000192. The maximum atomic E-state index is 3.65. The summed E-state index contributed by atoms with van der Waals surface area (Å²) >= 11 is 0. The second-order valence-electron chi connectivity index (χ2n) is 6.70. The molecule has 3 heteroatoms. The maximum absolute atomic E-state index is 3.65. The smallest absolute Gasteiger partial charge is 0.0491 e. The molecule has 1 aromatic heterocycles. The highest BCUT2D eigenvalue weighted by Gasteiger charge is 2.14. The Morgan fingerprint density at radius 1 is 0.957 bits per heavy atom. The molecule has 2 nitrogen and oxygen atoms in total. The molecule has 1 heterocycles. The van der Waals surface area contributed by atoms with Crippen molar-refractivity contribution in [3.8, 4) is 0 Å². The second-order valence-corrected chi connectivity index (χ2v) is 6.70. The Morgan fingerprint density at radius 3 is 2.35 bits per heavy atom. The lowest BCUT2D eigenvalue weighted by atomic mass is 10.0. The number of para-hydroxylation sites is 1. The van der Waals surface area contributed by atoms with Gasteiger partial charge >= 0.3 is 0 Å². The fourth-order valence-corrected chi connectivity index (χ4v) is 3.02. The summed E-state index contributed by atoms with van der Waals surface area (Å²) in [4.78, 5) is 0. The third kappa shape index (κ3) is 3.39. The summed E-state index contributed by atoms with van der Waals surface area (Å²) in [6, 6.07) is 15.6. The van der Waals surface area contributed by atoms with Crippen LogP contribution in [0.5, 0.6) is 0 Å². The summed E-state index contributed by atoms with van der Waals surface area (Å²) in [7, 11) is 0. The van der Waals surface area contributed by atoms with Gasteiger partial charge in [0.1, 0.15) is 0 Å². The van der Waals surface area contributed by atoms with E-state index in [1.54, 1.807) is 0 Å². The van der Waals surface area contributed by atoms with Gasteiger partial charge in [0.25, 0.3) is 0 Å². The molecular formula is C20H27ClN2. The first kappa shape index (κ1) is 17.8. The minimum Gasteiger partial charge on any atom is -0.341 e. The van der Waals surface area contributed by atoms with Gasteiger partial charge in [0.05, 0.1) is 0 Å². The normalized spacial score (nSPS) is 11.8. The molecule has 0 bridgehead atoms. The number of rotatable bonds is 5. The lowest BCUT2D eigenvalue weighted by Crippen LogP contribution is -2.37. The monoisotopic (exact) mass is 330 g/mol. The van der Waals surface area contributed by atoms with E-state index in [-0.39, 0.29) is 17.9 Å². The number of aryl methyl sites for hydroxylation is 1. The highest BCUT2D eigenvalue weighted by atomic mass is 35.5. The van der Waals surface area contributed by atoms with Crippen molar-refractivity contribution < 1.29 is 0 Å². The summed E-state index contributed by atoms with van der Waals surface area (Å²) in [5.74, 6) is 0. The van der Waals surface area contributed by atoms with E-state index in [2.05, 4.69) is 80.0 Å². The minimum absolute atomic E-state index is 0. The molecule has 3 rings (SSSR count). The standard InChI is InChI=1S/C20H26N2.ClH/c1-5-20(3,4)21-14-15-11-12-19-17(13-15)16-9-7-8-10-18(16)22(19)6-2;/h7-13,21H,5-6,14H2,1-4H3;1H. The van der Waals surface area contributed by atoms with E-state index in [1.165, 1.54) is 27.4 Å². The number of hydrogen-bond donors (Lipinski definition) is 1. The van der Waals surface area contributed by atoms with Gasteiger partial charge in [0, 0.05) is 40.4 Å². The van der Waals surface area contributed by atoms with Crippen LogP contribution in [0, 0.1) is 0 Å². The zero-order valence-electron chi connectivity index (χ0n) is 14.5. The average molecular weight is 331 g/mol. The third-order valence-corrected chi connectivity index (χ3v) is 4.81. The van der Waals surface area contributed by atoms with Gasteiger partial charge in [-0.25, -0.2) is 0 Å². The lowest BCUT2D eigenvalue weighted by molar-refractivity contribution is 0.374. The zero-order valence-corrected chi connectivity index (χ0v) is 15.3. The summed E-state index contributed by atoms with van der Waals surface area (Å²) < 4.78 is 2.40. The third-order valence-electron chi connectivity index (χ3n) is 4.81. The number of aromatic nitrogens is 1. The SMILES string of the molecule is CCn1c2ccccc2c2cc(CNC(C)(C)CC)ccc21.Cl. The molecule has 0 unspecified atom stereocenters. The fraction of sp³-hybridized carbons (Fsp3) is 0.400. The molecule has 0 fully saturated rings. The quantitative estimate of drug-likeness (QED) is 0.652. The van der Waals surface area contributed by atoms with Gasteiger partial charge in [-0.05, 0) is 51.0 Å². The van der Waals surface area contributed by atoms with Crippen LogP contribution in [-0.4, -0.2) is 10.1 Å². The summed E-state index contributed by atoms with van der Waals surface area (Å²) in [6.45, 7) is 10.9. The van der Waals surface area contributed by atoms with Gasteiger partial charge in [-0.3, -0.25) is 0 Å². The number of hydrogen-bond acceptors (Lipinski definition) is 1. The van der Waals surface area contributed by atoms with Gasteiger partial charge in [-0.15, -0.1) is 12.4 Å². The van der Waals surface area contributed by atoms with Crippen LogP contribution in [0.25, 0.3) is 21.8 Å². The van der Waals surface area contributed by atoms with Crippen molar-refractivity contribution in [1.29, 1.82) is 0 Å². The zero-order chi connectivity index (χ0) is 15.7. The van der Waals surface area contributed by atoms with Crippen LogP contribution in [0.4, 0.5) is 0 Å². The Morgan fingerprint density at radius 2 is 1.65 bits per heavy atom. The molecule has 124 valence electrons. The van der Waals surface area contributed by atoms with Crippen molar-refractivity contribution in [3.63, 3.8) is 0 Å². The molecule has 2 aromatic carbocycles. The summed E-state index contributed by atoms with van der Waals surface area (Å²) in [5, 5.41) is 6.38. The first-order valence-electron chi connectivity index (χ1n) is 8.30. The second kappa shape index (κ2) is 6.94. The molecule has 0 saturated carbocycles. The van der Waals surface area contributed by atoms with Crippen molar-refractivity contribution in [1.82, 2.24) is 9.88 Å². The number of nitrogens with one attached hydrogen (secondary N) is 1. The first-order chi connectivity index (χ1) is 10.6. The number of nitrogens with zero attached hydrogens (tertiary/aromatic N) is 1. The molecule has 0 atom stereocenters. The van der Waals surface area contributed by atoms with E-state index in [4.69, 9.17) is 0 Å². The van der Waals surface area contributed by atoms with Gasteiger partial charge in [-0.2, -0.15) is 0 Å². The Bertz CT molecular complexity index is 802. The molecule has 0 spiro atoms. The topological polar surface area (TPSA) is 17.0 Å². The molecule has 0 aliphatic rings. The number of benzene rings is 2.